The largest absolute Gasteiger partial charge is 0.412 e. The van der Waals surface area contributed by atoms with Crippen molar-refractivity contribution >= 4 is 11.8 Å². The number of benzene rings is 1. The topological polar surface area (TPSA) is 81.5 Å². The van der Waals surface area contributed by atoms with Crippen LogP contribution in [-0.4, -0.2) is 17.1 Å². The third kappa shape index (κ3) is 2.69. The van der Waals surface area contributed by atoms with Gasteiger partial charge in [0.2, 0.25) is 0 Å². The molecule has 1 saturated carbocycles. The molecule has 0 spiro atoms. The minimum absolute atomic E-state index is 0.0325. The molecule has 0 radical (unpaired) electrons. The van der Waals surface area contributed by atoms with E-state index in [4.69, 9.17) is 4.74 Å². The fourth-order valence-corrected chi connectivity index (χ4v) is 1.17. The van der Waals surface area contributed by atoms with Crippen LogP contribution in [0.25, 0.3) is 0 Å². The number of nitro benzene ring substituents is 1. The van der Waals surface area contributed by atoms with Gasteiger partial charge in [-0.2, -0.15) is 0 Å². The van der Waals surface area contributed by atoms with Gasteiger partial charge in [-0.05, 0) is 25.0 Å². The Morgan fingerprint density at radius 2 is 2.00 bits per heavy atom. The van der Waals surface area contributed by atoms with E-state index in [1.807, 2.05) is 0 Å². The summed E-state index contributed by atoms with van der Waals surface area (Å²) in [5.41, 5.74) is -0.0325. The van der Waals surface area contributed by atoms with E-state index in [1.165, 1.54) is 24.3 Å². The van der Waals surface area contributed by atoms with Gasteiger partial charge in [-0.1, -0.05) is 0 Å². The van der Waals surface area contributed by atoms with Gasteiger partial charge in [0.15, 0.2) is 0 Å². The van der Waals surface area contributed by atoms with Gasteiger partial charge in [0.1, 0.15) is 5.75 Å². The molecule has 16 heavy (non-hydrogen) atoms. The first-order valence-electron chi connectivity index (χ1n) is 4.88. The first-order valence-corrected chi connectivity index (χ1v) is 4.88. The molecule has 1 aromatic carbocycles. The second-order valence-electron chi connectivity index (χ2n) is 3.56. The van der Waals surface area contributed by atoms with Crippen LogP contribution in [0, 0.1) is 10.1 Å². The number of nitro groups is 1. The third-order valence-electron chi connectivity index (χ3n) is 2.16. The smallest absolute Gasteiger partial charge is 0.410 e. The monoisotopic (exact) mass is 222 g/mol. The van der Waals surface area contributed by atoms with Crippen molar-refractivity contribution in [1.82, 2.24) is 5.32 Å². The lowest BCUT2D eigenvalue weighted by Gasteiger charge is -2.04. The van der Waals surface area contributed by atoms with Crippen molar-refractivity contribution in [2.45, 2.75) is 18.9 Å². The Bertz CT molecular complexity index is 411. The molecule has 0 aromatic heterocycles. The average Bonchev–Trinajstić information content (AvgIpc) is 3.02. The highest BCUT2D eigenvalue weighted by molar-refractivity contribution is 5.71. The van der Waals surface area contributed by atoms with E-state index in [9.17, 15) is 14.9 Å². The van der Waals surface area contributed by atoms with Crippen LogP contribution in [0.4, 0.5) is 10.5 Å². The lowest BCUT2D eigenvalue weighted by Crippen LogP contribution is -2.28. The Labute approximate surface area is 91.4 Å². The Hall–Kier alpha value is -2.11. The number of ether oxygens (including phenoxy) is 1. The Morgan fingerprint density at radius 3 is 2.50 bits per heavy atom. The molecule has 1 amide bonds. The van der Waals surface area contributed by atoms with Gasteiger partial charge in [0.05, 0.1) is 4.92 Å². The second kappa shape index (κ2) is 4.18. The minimum Gasteiger partial charge on any atom is -0.410 e. The molecule has 1 aliphatic rings. The number of nitrogens with one attached hydrogen (secondary N) is 1. The number of carbonyl (C=O) groups excluding carboxylic acids is 1. The molecule has 0 unspecified atom stereocenters. The molecular weight excluding hydrogens is 212 g/mol. The number of rotatable bonds is 3. The molecule has 0 bridgehead atoms. The molecule has 2 rings (SSSR count). The number of nitrogens with zero attached hydrogens (tertiary/aromatic N) is 1. The van der Waals surface area contributed by atoms with E-state index in [0.29, 0.717) is 5.75 Å². The fourth-order valence-electron chi connectivity index (χ4n) is 1.17. The summed E-state index contributed by atoms with van der Waals surface area (Å²) in [6.07, 6.45) is 1.45. The summed E-state index contributed by atoms with van der Waals surface area (Å²) in [5, 5.41) is 13.0. The summed E-state index contributed by atoms with van der Waals surface area (Å²) in [5.74, 6) is 0.295. The molecule has 6 nitrogen and oxygen atoms in total. The molecule has 0 aliphatic heterocycles. The predicted molar refractivity (Wildman–Crippen MR) is 55.3 cm³/mol. The molecule has 1 fully saturated rings. The highest BCUT2D eigenvalue weighted by Gasteiger charge is 2.24. The van der Waals surface area contributed by atoms with Gasteiger partial charge in [0, 0.05) is 18.2 Å². The van der Waals surface area contributed by atoms with Crippen LogP contribution in [0.1, 0.15) is 12.8 Å². The van der Waals surface area contributed by atoms with Crippen molar-refractivity contribution in [3.63, 3.8) is 0 Å². The number of carbonyl (C=O) groups is 1. The van der Waals surface area contributed by atoms with Crippen LogP contribution in [-0.2, 0) is 0 Å². The van der Waals surface area contributed by atoms with Crippen LogP contribution in [0.2, 0.25) is 0 Å². The number of hydrogen-bond acceptors (Lipinski definition) is 4. The van der Waals surface area contributed by atoms with E-state index in [1.54, 1.807) is 0 Å². The Kier molecular flexibility index (Phi) is 2.72. The van der Waals surface area contributed by atoms with Crippen molar-refractivity contribution in [1.29, 1.82) is 0 Å². The standard InChI is InChI=1S/C10H10N2O4/c13-10(11-7-1-2-7)16-9-5-3-8(4-6-9)12(14)15/h3-7H,1-2H2,(H,11,13). The Balaban J connectivity index is 1.93. The summed E-state index contributed by atoms with van der Waals surface area (Å²) in [7, 11) is 0. The van der Waals surface area contributed by atoms with E-state index < -0.39 is 11.0 Å². The van der Waals surface area contributed by atoms with Crippen LogP contribution in [0.3, 0.4) is 0 Å². The quantitative estimate of drug-likeness (QED) is 0.625. The lowest BCUT2D eigenvalue weighted by atomic mass is 10.3. The summed E-state index contributed by atoms with van der Waals surface area (Å²) < 4.78 is 4.93. The van der Waals surface area contributed by atoms with Crippen LogP contribution < -0.4 is 10.1 Å². The first kappa shape index (κ1) is 10.4. The van der Waals surface area contributed by atoms with Gasteiger partial charge in [0.25, 0.3) is 5.69 Å². The van der Waals surface area contributed by atoms with Crippen molar-refractivity contribution in [3.05, 3.63) is 34.4 Å². The summed E-state index contributed by atoms with van der Waals surface area (Å²) >= 11 is 0. The van der Waals surface area contributed by atoms with Crippen LogP contribution in [0.15, 0.2) is 24.3 Å². The Morgan fingerprint density at radius 1 is 1.38 bits per heavy atom. The zero-order valence-electron chi connectivity index (χ0n) is 8.38. The van der Waals surface area contributed by atoms with E-state index >= 15 is 0 Å². The molecule has 1 aliphatic carbocycles. The van der Waals surface area contributed by atoms with Crippen molar-refractivity contribution in [2.75, 3.05) is 0 Å². The molecule has 0 heterocycles. The highest BCUT2D eigenvalue weighted by Crippen LogP contribution is 2.20. The normalized spacial score (nSPS) is 14.2. The molecule has 1 N–H and O–H groups in total. The van der Waals surface area contributed by atoms with E-state index in [0.717, 1.165) is 12.8 Å². The lowest BCUT2D eigenvalue weighted by molar-refractivity contribution is -0.384. The van der Waals surface area contributed by atoms with Gasteiger partial charge in [-0.25, -0.2) is 4.79 Å². The maximum Gasteiger partial charge on any atom is 0.412 e. The molecule has 0 saturated heterocycles. The molecule has 6 heteroatoms. The highest BCUT2D eigenvalue weighted by atomic mass is 16.6. The SMILES string of the molecule is O=C(NC1CC1)Oc1ccc([N+](=O)[O-])cc1. The van der Waals surface area contributed by atoms with Gasteiger partial charge in [-0.3, -0.25) is 10.1 Å². The summed E-state index contributed by atoms with van der Waals surface area (Å²) in [4.78, 5) is 21.1. The average molecular weight is 222 g/mol. The second-order valence-corrected chi connectivity index (χ2v) is 3.56. The third-order valence-corrected chi connectivity index (χ3v) is 2.16. The summed E-state index contributed by atoms with van der Waals surface area (Å²) in [6.45, 7) is 0. The summed E-state index contributed by atoms with van der Waals surface area (Å²) in [6, 6.07) is 5.60. The zero-order chi connectivity index (χ0) is 11.5. The first-order chi connectivity index (χ1) is 7.65. The van der Waals surface area contributed by atoms with E-state index in [2.05, 4.69) is 5.32 Å². The molecule has 0 atom stereocenters. The predicted octanol–water partition coefficient (Wildman–Crippen LogP) is 1.85. The maximum absolute atomic E-state index is 11.2. The molecule has 1 aromatic rings. The number of amides is 1. The van der Waals surface area contributed by atoms with Crippen molar-refractivity contribution < 1.29 is 14.5 Å². The van der Waals surface area contributed by atoms with E-state index in [-0.39, 0.29) is 11.7 Å². The maximum atomic E-state index is 11.2. The zero-order valence-corrected chi connectivity index (χ0v) is 8.38. The molecular formula is C10H10N2O4. The minimum atomic E-state index is -0.517. The van der Waals surface area contributed by atoms with Crippen LogP contribution in [0.5, 0.6) is 5.75 Å². The number of hydrogen-bond donors (Lipinski definition) is 1. The fraction of sp³-hybridized carbons (Fsp3) is 0.300. The van der Waals surface area contributed by atoms with Gasteiger partial charge >= 0.3 is 6.09 Å². The van der Waals surface area contributed by atoms with Gasteiger partial charge in [-0.15, -0.1) is 0 Å². The molecule has 84 valence electrons. The number of non-ortho nitro benzene ring substituents is 1. The van der Waals surface area contributed by atoms with Crippen LogP contribution >= 0.6 is 0 Å². The van der Waals surface area contributed by atoms with Gasteiger partial charge < -0.3 is 10.1 Å². The van der Waals surface area contributed by atoms with Crippen molar-refractivity contribution in [3.8, 4) is 5.75 Å². The van der Waals surface area contributed by atoms with Crippen molar-refractivity contribution in [2.24, 2.45) is 0 Å².